The van der Waals surface area contributed by atoms with Crippen LogP contribution in [0.2, 0.25) is 0 Å². The van der Waals surface area contributed by atoms with Gasteiger partial charge in [0.25, 0.3) is 0 Å². The molecule has 3 atom stereocenters. The van der Waals surface area contributed by atoms with Gasteiger partial charge in [-0.05, 0) is 18.9 Å². The second-order valence-corrected chi connectivity index (χ2v) is 8.27. The molecule has 2 aliphatic rings. The molecular formula is C22H26N4O4. The summed E-state index contributed by atoms with van der Waals surface area (Å²) in [6.45, 7) is 2.22. The molecule has 1 aromatic carbocycles. The highest BCUT2D eigenvalue weighted by molar-refractivity contribution is 5.89. The van der Waals surface area contributed by atoms with Crippen LogP contribution >= 0.6 is 0 Å². The average Bonchev–Trinajstić information content (AvgIpc) is 3.31. The highest BCUT2D eigenvalue weighted by Gasteiger charge is 2.51. The monoisotopic (exact) mass is 410 g/mol. The maximum atomic E-state index is 13.1. The molecule has 0 N–H and O–H groups in total. The Bertz CT molecular complexity index is 955. The maximum absolute atomic E-state index is 13.1. The van der Waals surface area contributed by atoms with Crippen LogP contribution in [-0.4, -0.2) is 70.8 Å². The van der Waals surface area contributed by atoms with Gasteiger partial charge in [-0.2, -0.15) is 0 Å². The van der Waals surface area contributed by atoms with Gasteiger partial charge in [0, 0.05) is 26.7 Å². The van der Waals surface area contributed by atoms with Crippen LogP contribution in [0.3, 0.4) is 0 Å². The molecule has 0 saturated carbocycles. The maximum Gasteiger partial charge on any atom is 0.243 e. The number of aromatic nitrogens is 1. The number of piperazine rings is 1. The number of hydrogen-bond donors (Lipinski definition) is 0. The molecule has 158 valence electrons. The van der Waals surface area contributed by atoms with E-state index in [1.54, 1.807) is 36.9 Å². The van der Waals surface area contributed by atoms with Crippen molar-refractivity contribution >= 4 is 17.7 Å². The third kappa shape index (κ3) is 3.69. The van der Waals surface area contributed by atoms with Gasteiger partial charge >= 0.3 is 0 Å². The van der Waals surface area contributed by atoms with Crippen molar-refractivity contribution in [3.8, 4) is 0 Å². The van der Waals surface area contributed by atoms with Crippen molar-refractivity contribution in [3.05, 3.63) is 53.4 Å². The Morgan fingerprint density at radius 1 is 1.23 bits per heavy atom. The summed E-state index contributed by atoms with van der Waals surface area (Å²) in [6, 6.07) is 10.9. The average molecular weight is 410 g/mol. The summed E-state index contributed by atoms with van der Waals surface area (Å²) in [5.74, 6) is -0.139. The fourth-order valence-corrected chi connectivity index (χ4v) is 4.60. The Morgan fingerprint density at radius 2 is 1.97 bits per heavy atom. The van der Waals surface area contributed by atoms with Gasteiger partial charge in [-0.25, -0.2) is 0 Å². The van der Waals surface area contributed by atoms with Crippen LogP contribution < -0.4 is 0 Å². The summed E-state index contributed by atoms with van der Waals surface area (Å²) in [6.07, 6.45) is 0.608. The minimum atomic E-state index is -0.330. The molecule has 8 nitrogen and oxygen atoms in total. The summed E-state index contributed by atoms with van der Waals surface area (Å²) >= 11 is 0. The lowest BCUT2D eigenvalue weighted by atomic mass is 9.92. The zero-order chi connectivity index (χ0) is 21.4. The molecule has 2 aromatic rings. The zero-order valence-corrected chi connectivity index (χ0v) is 17.4. The van der Waals surface area contributed by atoms with Gasteiger partial charge in [-0.3, -0.25) is 14.4 Å². The molecule has 2 aliphatic heterocycles. The lowest BCUT2D eigenvalue weighted by Gasteiger charge is -2.40. The third-order valence-electron chi connectivity index (χ3n) is 5.90. The van der Waals surface area contributed by atoms with Gasteiger partial charge in [0.15, 0.2) is 0 Å². The van der Waals surface area contributed by atoms with E-state index in [1.165, 1.54) is 0 Å². The van der Waals surface area contributed by atoms with Crippen LogP contribution in [0, 0.1) is 12.8 Å². The minimum Gasteiger partial charge on any atom is -0.361 e. The lowest BCUT2D eigenvalue weighted by molar-refractivity contribution is -0.149. The van der Waals surface area contributed by atoms with E-state index in [2.05, 4.69) is 5.16 Å². The van der Waals surface area contributed by atoms with Crippen molar-refractivity contribution in [2.45, 2.75) is 31.8 Å². The lowest BCUT2D eigenvalue weighted by Crippen LogP contribution is -2.56. The summed E-state index contributed by atoms with van der Waals surface area (Å²) < 4.78 is 5.15. The Balaban J connectivity index is 1.57. The summed E-state index contributed by atoms with van der Waals surface area (Å²) in [5.41, 5.74) is 1.66. The number of carbonyl (C=O) groups is 3. The van der Waals surface area contributed by atoms with Crippen molar-refractivity contribution in [3.63, 3.8) is 0 Å². The molecule has 4 rings (SSSR count). The van der Waals surface area contributed by atoms with Crippen molar-refractivity contribution in [2.24, 2.45) is 5.92 Å². The van der Waals surface area contributed by atoms with Crippen LogP contribution in [0.1, 0.15) is 29.5 Å². The van der Waals surface area contributed by atoms with Crippen molar-refractivity contribution in [2.75, 3.05) is 27.2 Å². The largest absolute Gasteiger partial charge is 0.361 e. The predicted octanol–water partition coefficient (Wildman–Crippen LogP) is 1.41. The molecule has 0 unspecified atom stereocenters. The smallest absolute Gasteiger partial charge is 0.243 e. The summed E-state index contributed by atoms with van der Waals surface area (Å²) in [4.78, 5) is 43.8. The van der Waals surface area contributed by atoms with Crippen LogP contribution in [0.25, 0.3) is 0 Å². The first-order chi connectivity index (χ1) is 14.3. The number of hydrogen-bond acceptors (Lipinski definition) is 5. The number of aryl methyl sites for hydroxylation is 1. The predicted molar refractivity (Wildman–Crippen MR) is 108 cm³/mol. The summed E-state index contributed by atoms with van der Waals surface area (Å²) in [7, 11) is 3.47. The highest BCUT2D eigenvalue weighted by Crippen LogP contribution is 2.43. The quantitative estimate of drug-likeness (QED) is 0.761. The van der Waals surface area contributed by atoms with E-state index < -0.39 is 0 Å². The number of benzene rings is 1. The Hall–Kier alpha value is -3.16. The van der Waals surface area contributed by atoms with E-state index in [4.69, 9.17) is 4.52 Å². The van der Waals surface area contributed by atoms with Crippen LogP contribution in [0.5, 0.6) is 0 Å². The van der Waals surface area contributed by atoms with Gasteiger partial charge < -0.3 is 19.2 Å². The molecule has 3 amide bonds. The van der Waals surface area contributed by atoms with E-state index >= 15 is 0 Å². The Kier molecular flexibility index (Phi) is 5.32. The molecule has 0 aliphatic carbocycles. The minimum absolute atomic E-state index is 0.000986. The number of carbonyl (C=O) groups excluding carboxylic acids is 3. The SMILES string of the molecule is Cc1cc(CC(=O)N2CC(=O)N3[C@H](C[C@@H](C(=O)N(C)C)[C@H]3c3ccccc3)C2)on1. The number of fused-ring (bicyclic) bond motifs is 1. The first-order valence-electron chi connectivity index (χ1n) is 10.1. The molecule has 1 aromatic heterocycles. The van der Waals surface area contributed by atoms with E-state index in [1.807, 2.05) is 35.2 Å². The molecule has 2 saturated heterocycles. The fourth-order valence-electron chi connectivity index (χ4n) is 4.60. The Labute approximate surface area is 175 Å². The zero-order valence-electron chi connectivity index (χ0n) is 17.4. The van der Waals surface area contributed by atoms with E-state index in [-0.39, 0.29) is 48.7 Å². The molecule has 0 spiro atoms. The standard InChI is InChI=1S/C22H26N4O4/c1-14-9-17(30-23-14)11-19(27)25-12-16-10-18(22(29)24(2)3)21(26(16)20(28)13-25)15-7-5-4-6-8-15/h4-9,16,18,21H,10-13H2,1-3H3/t16-,18-,21-/m1/s1. The van der Waals surface area contributed by atoms with Crippen LogP contribution in [0.4, 0.5) is 0 Å². The van der Waals surface area contributed by atoms with E-state index in [0.717, 1.165) is 5.56 Å². The first kappa shape index (κ1) is 20.1. The van der Waals surface area contributed by atoms with Crippen LogP contribution in [0.15, 0.2) is 40.9 Å². The second kappa shape index (κ2) is 7.93. The molecule has 0 bridgehead atoms. The van der Waals surface area contributed by atoms with E-state index in [9.17, 15) is 14.4 Å². The second-order valence-electron chi connectivity index (χ2n) is 8.27. The molecule has 3 heterocycles. The summed E-state index contributed by atoms with van der Waals surface area (Å²) in [5, 5.41) is 3.81. The van der Waals surface area contributed by atoms with Gasteiger partial charge in [0.2, 0.25) is 17.7 Å². The Morgan fingerprint density at radius 3 is 2.60 bits per heavy atom. The molecule has 30 heavy (non-hydrogen) atoms. The van der Waals surface area contributed by atoms with Crippen molar-refractivity contribution < 1.29 is 18.9 Å². The van der Waals surface area contributed by atoms with Crippen LogP contribution in [-0.2, 0) is 20.8 Å². The number of nitrogens with zero attached hydrogens (tertiary/aromatic N) is 4. The molecule has 2 fully saturated rings. The van der Waals surface area contributed by atoms with E-state index in [0.29, 0.717) is 24.4 Å². The van der Waals surface area contributed by atoms with Gasteiger partial charge in [0.1, 0.15) is 5.76 Å². The topological polar surface area (TPSA) is 87.0 Å². The first-order valence-corrected chi connectivity index (χ1v) is 10.1. The van der Waals surface area contributed by atoms with Gasteiger partial charge in [0.05, 0.1) is 36.7 Å². The van der Waals surface area contributed by atoms with Crippen molar-refractivity contribution in [1.29, 1.82) is 0 Å². The fraction of sp³-hybridized carbons (Fsp3) is 0.455. The normalized spacial score (nSPS) is 23.4. The molecule has 8 heteroatoms. The number of amides is 3. The third-order valence-corrected chi connectivity index (χ3v) is 5.90. The highest BCUT2D eigenvalue weighted by atomic mass is 16.5. The van der Waals surface area contributed by atoms with Gasteiger partial charge in [-0.15, -0.1) is 0 Å². The number of rotatable bonds is 4. The molecule has 0 radical (unpaired) electrons. The van der Waals surface area contributed by atoms with Gasteiger partial charge in [-0.1, -0.05) is 35.5 Å². The molecular weight excluding hydrogens is 384 g/mol. The van der Waals surface area contributed by atoms with Crippen molar-refractivity contribution in [1.82, 2.24) is 19.9 Å².